The molecule has 1 heterocycles. The van der Waals surface area contributed by atoms with E-state index in [9.17, 15) is 0 Å². The van der Waals surface area contributed by atoms with E-state index in [-0.39, 0.29) is 0 Å². The molecule has 0 saturated heterocycles. The number of thiazole rings is 1. The normalized spacial score (nSPS) is 10.9. The van der Waals surface area contributed by atoms with Gasteiger partial charge in [-0.2, -0.15) is 0 Å². The molecular weight excluding hydrogens is 266 g/mol. The summed E-state index contributed by atoms with van der Waals surface area (Å²) in [6.45, 7) is 4.86. The number of alkyl halides is 1. The minimum Gasteiger partial charge on any atom is -0.486 e. The first kappa shape index (κ1) is 13.4. The summed E-state index contributed by atoms with van der Waals surface area (Å²) < 4.78 is 5.69. The van der Waals surface area contributed by atoms with Gasteiger partial charge in [-0.3, -0.25) is 0 Å². The van der Waals surface area contributed by atoms with Crippen LogP contribution in [0.25, 0.3) is 0 Å². The molecule has 0 aliphatic heterocycles. The van der Waals surface area contributed by atoms with Crippen LogP contribution in [0.15, 0.2) is 29.6 Å². The molecule has 1 aromatic heterocycles. The van der Waals surface area contributed by atoms with E-state index < -0.39 is 0 Å². The molecule has 0 atom stereocenters. The molecule has 0 aliphatic carbocycles. The van der Waals surface area contributed by atoms with Crippen molar-refractivity contribution in [3.63, 3.8) is 0 Å². The van der Waals surface area contributed by atoms with Crippen LogP contribution in [0.3, 0.4) is 0 Å². The van der Waals surface area contributed by atoms with Crippen LogP contribution in [0, 0.1) is 0 Å². The van der Waals surface area contributed by atoms with E-state index in [1.54, 1.807) is 11.3 Å². The molecular formula is C14H16ClNOS. The quantitative estimate of drug-likeness (QED) is 0.748. The number of halogens is 1. The molecule has 96 valence electrons. The van der Waals surface area contributed by atoms with E-state index >= 15 is 0 Å². The molecule has 2 aromatic rings. The van der Waals surface area contributed by atoms with Crippen LogP contribution in [0.2, 0.25) is 0 Å². The Balaban J connectivity index is 1.93. The van der Waals surface area contributed by atoms with E-state index in [1.807, 2.05) is 17.5 Å². The van der Waals surface area contributed by atoms with Crippen LogP contribution in [0.4, 0.5) is 0 Å². The number of rotatable bonds is 5. The maximum atomic E-state index is 5.71. The Morgan fingerprint density at radius 3 is 2.56 bits per heavy atom. The predicted molar refractivity (Wildman–Crippen MR) is 76.5 cm³/mol. The third kappa shape index (κ3) is 3.47. The van der Waals surface area contributed by atoms with Crippen molar-refractivity contribution in [3.05, 3.63) is 45.9 Å². The van der Waals surface area contributed by atoms with Crippen molar-refractivity contribution in [2.45, 2.75) is 32.3 Å². The number of hydrogen-bond donors (Lipinski definition) is 0. The molecule has 0 aliphatic rings. The number of ether oxygens (including phenoxy) is 1. The molecule has 2 nitrogen and oxygen atoms in total. The van der Waals surface area contributed by atoms with Gasteiger partial charge in [0.15, 0.2) is 0 Å². The molecule has 0 fully saturated rings. The van der Waals surface area contributed by atoms with Crippen molar-refractivity contribution in [2.75, 3.05) is 0 Å². The van der Waals surface area contributed by atoms with Crippen LogP contribution in [-0.2, 0) is 12.5 Å². The Morgan fingerprint density at radius 2 is 2.00 bits per heavy atom. The molecule has 18 heavy (non-hydrogen) atoms. The van der Waals surface area contributed by atoms with Gasteiger partial charge in [-0.15, -0.1) is 22.9 Å². The summed E-state index contributed by atoms with van der Waals surface area (Å²) in [5.41, 5.74) is 2.23. The molecule has 0 spiro atoms. The van der Waals surface area contributed by atoms with Crippen molar-refractivity contribution in [3.8, 4) is 5.75 Å². The first-order valence-electron chi connectivity index (χ1n) is 5.91. The van der Waals surface area contributed by atoms with Crippen molar-refractivity contribution >= 4 is 22.9 Å². The summed E-state index contributed by atoms with van der Waals surface area (Å²) in [5.74, 6) is 1.88. The minimum atomic E-state index is 0.458. The fourth-order valence-corrected chi connectivity index (χ4v) is 2.50. The van der Waals surface area contributed by atoms with E-state index in [2.05, 4.69) is 31.0 Å². The lowest BCUT2D eigenvalue weighted by atomic mass is 10.0. The highest BCUT2D eigenvalue weighted by Crippen LogP contribution is 2.20. The molecule has 0 radical (unpaired) electrons. The van der Waals surface area contributed by atoms with Crippen LogP contribution < -0.4 is 4.74 Å². The lowest BCUT2D eigenvalue weighted by Crippen LogP contribution is -1.95. The number of benzene rings is 1. The SMILES string of the molecule is CC(C)c1ccc(OCc2nc(CCl)cs2)cc1. The smallest absolute Gasteiger partial charge is 0.140 e. The molecule has 0 bridgehead atoms. The Morgan fingerprint density at radius 1 is 1.28 bits per heavy atom. The van der Waals surface area contributed by atoms with E-state index in [0.29, 0.717) is 18.4 Å². The zero-order valence-electron chi connectivity index (χ0n) is 10.5. The predicted octanol–water partition coefficient (Wildman–Crippen LogP) is 4.58. The fraction of sp³-hybridized carbons (Fsp3) is 0.357. The van der Waals surface area contributed by atoms with Crippen LogP contribution in [0.5, 0.6) is 5.75 Å². The molecule has 1 aromatic carbocycles. The monoisotopic (exact) mass is 281 g/mol. The zero-order chi connectivity index (χ0) is 13.0. The van der Waals surface area contributed by atoms with Gasteiger partial charge in [0.2, 0.25) is 0 Å². The second-order valence-electron chi connectivity index (χ2n) is 4.38. The van der Waals surface area contributed by atoms with Gasteiger partial charge in [0.05, 0.1) is 11.6 Å². The summed E-state index contributed by atoms with van der Waals surface area (Å²) >= 11 is 7.29. The van der Waals surface area contributed by atoms with Crippen molar-refractivity contribution in [2.24, 2.45) is 0 Å². The highest BCUT2D eigenvalue weighted by atomic mass is 35.5. The standard InChI is InChI=1S/C14H16ClNOS/c1-10(2)11-3-5-13(6-4-11)17-8-14-16-12(7-15)9-18-14/h3-6,9-10H,7-8H2,1-2H3. The number of aromatic nitrogens is 1. The molecule has 0 amide bonds. The third-order valence-corrected chi connectivity index (χ3v) is 3.79. The van der Waals surface area contributed by atoms with E-state index in [1.165, 1.54) is 5.56 Å². The summed E-state index contributed by atoms with van der Waals surface area (Å²) in [6, 6.07) is 8.22. The van der Waals surface area contributed by atoms with E-state index in [4.69, 9.17) is 16.3 Å². The molecule has 0 N–H and O–H groups in total. The van der Waals surface area contributed by atoms with Crippen LogP contribution in [-0.4, -0.2) is 4.98 Å². The lowest BCUT2D eigenvalue weighted by Gasteiger charge is -2.07. The summed E-state index contributed by atoms with van der Waals surface area (Å²) in [5, 5.41) is 2.92. The minimum absolute atomic E-state index is 0.458. The second kappa shape index (κ2) is 6.21. The Bertz CT molecular complexity index is 493. The molecule has 0 unspecified atom stereocenters. The maximum Gasteiger partial charge on any atom is 0.140 e. The topological polar surface area (TPSA) is 22.1 Å². The fourth-order valence-electron chi connectivity index (χ4n) is 1.57. The highest BCUT2D eigenvalue weighted by molar-refractivity contribution is 7.09. The van der Waals surface area contributed by atoms with Crippen molar-refractivity contribution in [1.82, 2.24) is 4.98 Å². The van der Waals surface area contributed by atoms with Crippen molar-refractivity contribution < 1.29 is 4.74 Å². The molecule has 2 rings (SSSR count). The molecule has 4 heteroatoms. The first-order chi connectivity index (χ1) is 8.69. The van der Waals surface area contributed by atoms with Gasteiger partial charge in [0.1, 0.15) is 17.4 Å². The van der Waals surface area contributed by atoms with Gasteiger partial charge < -0.3 is 4.74 Å². The third-order valence-electron chi connectivity index (χ3n) is 2.65. The van der Waals surface area contributed by atoms with Gasteiger partial charge in [0.25, 0.3) is 0 Å². The average Bonchev–Trinajstić information content (AvgIpc) is 2.85. The summed E-state index contributed by atoms with van der Waals surface area (Å²) in [6.07, 6.45) is 0. The van der Waals surface area contributed by atoms with Gasteiger partial charge in [-0.1, -0.05) is 26.0 Å². The maximum absolute atomic E-state index is 5.71. The number of hydrogen-bond acceptors (Lipinski definition) is 3. The van der Waals surface area contributed by atoms with Crippen LogP contribution >= 0.6 is 22.9 Å². The van der Waals surface area contributed by atoms with Gasteiger partial charge in [-0.25, -0.2) is 4.98 Å². The highest BCUT2D eigenvalue weighted by Gasteiger charge is 2.03. The summed E-state index contributed by atoms with van der Waals surface area (Å²) in [7, 11) is 0. The first-order valence-corrected chi connectivity index (χ1v) is 7.32. The lowest BCUT2D eigenvalue weighted by molar-refractivity contribution is 0.305. The Kier molecular flexibility index (Phi) is 4.61. The van der Waals surface area contributed by atoms with Gasteiger partial charge >= 0.3 is 0 Å². The van der Waals surface area contributed by atoms with Crippen molar-refractivity contribution in [1.29, 1.82) is 0 Å². The van der Waals surface area contributed by atoms with Gasteiger partial charge in [0, 0.05) is 5.38 Å². The summed E-state index contributed by atoms with van der Waals surface area (Å²) in [4.78, 5) is 4.35. The number of nitrogens with zero attached hydrogens (tertiary/aromatic N) is 1. The largest absolute Gasteiger partial charge is 0.486 e. The van der Waals surface area contributed by atoms with Crippen LogP contribution in [0.1, 0.15) is 36.0 Å². The molecule has 0 saturated carbocycles. The van der Waals surface area contributed by atoms with Gasteiger partial charge in [-0.05, 0) is 23.6 Å². The zero-order valence-corrected chi connectivity index (χ0v) is 12.1. The van der Waals surface area contributed by atoms with E-state index in [0.717, 1.165) is 16.5 Å². The second-order valence-corrected chi connectivity index (χ2v) is 5.59. The Labute approximate surface area is 117 Å². The average molecular weight is 282 g/mol. The Hall–Kier alpha value is -1.06.